The van der Waals surface area contributed by atoms with E-state index in [0.29, 0.717) is 11.5 Å². The van der Waals surface area contributed by atoms with E-state index in [-0.39, 0.29) is 11.7 Å². The van der Waals surface area contributed by atoms with Crippen LogP contribution in [0.15, 0.2) is 36.4 Å². The molecule has 0 spiro atoms. The van der Waals surface area contributed by atoms with Crippen LogP contribution in [-0.2, 0) is 6.11 Å². The number of halogens is 4. The third kappa shape index (κ3) is 4.02. The van der Waals surface area contributed by atoms with Crippen molar-refractivity contribution in [2.75, 3.05) is 0 Å². The Morgan fingerprint density at radius 1 is 0.923 bits per heavy atom. The lowest BCUT2D eigenvalue weighted by molar-refractivity contribution is -0.189. The summed E-state index contributed by atoms with van der Waals surface area (Å²) in [6, 6.07) is 7.93. The molecule has 3 rings (SSSR count). The Labute approximate surface area is 151 Å². The second-order valence-corrected chi connectivity index (χ2v) is 7.25. The topological polar surface area (TPSA) is 9.23 Å². The molecule has 26 heavy (non-hydrogen) atoms. The minimum atomic E-state index is -4.09. The molecule has 1 fully saturated rings. The van der Waals surface area contributed by atoms with Crippen molar-refractivity contribution in [2.24, 2.45) is 5.92 Å². The Bertz CT molecular complexity index is 739. The summed E-state index contributed by atoms with van der Waals surface area (Å²) in [5.41, 5.74) is -0.0306. The highest BCUT2D eigenvalue weighted by atomic mass is 19.3. The summed E-state index contributed by atoms with van der Waals surface area (Å²) in [5, 5.41) is 0. The quantitative estimate of drug-likeness (QED) is 0.547. The van der Waals surface area contributed by atoms with Crippen molar-refractivity contribution in [3.05, 3.63) is 64.7 Å². The van der Waals surface area contributed by atoms with E-state index >= 15 is 0 Å². The van der Waals surface area contributed by atoms with Gasteiger partial charge in [0.15, 0.2) is 0 Å². The molecule has 0 aromatic heterocycles. The third-order valence-corrected chi connectivity index (χ3v) is 5.11. The van der Waals surface area contributed by atoms with Crippen LogP contribution in [0.2, 0.25) is 0 Å². The minimum Gasteiger partial charge on any atom is -0.429 e. The highest BCUT2D eigenvalue weighted by Crippen LogP contribution is 2.40. The molecule has 140 valence electrons. The van der Waals surface area contributed by atoms with Crippen LogP contribution in [0.1, 0.15) is 55.2 Å². The fourth-order valence-electron chi connectivity index (χ4n) is 3.51. The molecule has 0 radical (unpaired) electrons. The summed E-state index contributed by atoms with van der Waals surface area (Å²) in [4.78, 5) is 0. The molecule has 0 heterocycles. The highest BCUT2D eigenvalue weighted by molar-refractivity contribution is 5.33. The average Bonchev–Trinajstić information content (AvgIpc) is 2.56. The first-order valence-electron chi connectivity index (χ1n) is 8.89. The standard InChI is InChI=1S/C21H22F4O/c1-13-3-7-15(8-4-13)16-11-18(22)20(19(23)12-16)21(24,25)26-17-9-5-14(2)6-10-17/h5-6,9-13,15H,3-4,7-8H2,1-2H3. The normalized spacial score (nSPS) is 20.8. The number of alkyl halides is 2. The van der Waals surface area contributed by atoms with Gasteiger partial charge in [-0.15, -0.1) is 0 Å². The van der Waals surface area contributed by atoms with Gasteiger partial charge in [-0.25, -0.2) is 8.78 Å². The summed E-state index contributed by atoms with van der Waals surface area (Å²) < 4.78 is 62.2. The Morgan fingerprint density at radius 2 is 1.46 bits per heavy atom. The fraction of sp³-hybridized carbons (Fsp3) is 0.429. The van der Waals surface area contributed by atoms with Gasteiger partial charge >= 0.3 is 6.11 Å². The summed E-state index contributed by atoms with van der Waals surface area (Å²) in [6.45, 7) is 3.94. The van der Waals surface area contributed by atoms with Crippen molar-refractivity contribution >= 4 is 0 Å². The molecule has 0 bridgehead atoms. The molecule has 1 nitrogen and oxygen atoms in total. The molecule has 1 aliphatic carbocycles. The lowest BCUT2D eigenvalue weighted by atomic mass is 9.79. The van der Waals surface area contributed by atoms with Crippen LogP contribution in [0.25, 0.3) is 0 Å². The molecule has 0 N–H and O–H groups in total. The van der Waals surface area contributed by atoms with Crippen LogP contribution in [0.5, 0.6) is 5.75 Å². The maximum atomic E-state index is 14.4. The van der Waals surface area contributed by atoms with Crippen LogP contribution >= 0.6 is 0 Å². The second-order valence-electron chi connectivity index (χ2n) is 7.25. The lowest BCUT2D eigenvalue weighted by Gasteiger charge is -2.27. The number of ether oxygens (including phenoxy) is 1. The van der Waals surface area contributed by atoms with E-state index in [4.69, 9.17) is 0 Å². The van der Waals surface area contributed by atoms with E-state index in [2.05, 4.69) is 11.7 Å². The van der Waals surface area contributed by atoms with Gasteiger partial charge in [0.1, 0.15) is 22.9 Å². The van der Waals surface area contributed by atoms with E-state index in [1.807, 2.05) is 0 Å². The van der Waals surface area contributed by atoms with Crippen molar-refractivity contribution in [3.63, 3.8) is 0 Å². The minimum absolute atomic E-state index is 0.0101. The first kappa shape index (κ1) is 18.7. The van der Waals surface area contributed by atoms with E-state index in [9.17, 15) is 17.6 Å². The van der Waals surface area contributed by atoms with Gasteiger partial charge in [-0.1, -0.05) is 37.5 Å². The molecular formula is C21H22F4O. The van der Waals surface area contributed by atoms with E-state index in [0.717, 1.165) is 43.4 Å². The molecule has 1 saturated carbocycles. The summed E-state index contributed by atoms with van der Waals surface area (Å²) >= 11 is 0. The number of hydrogen-bond donors (Lipinski definition) is 0. The van der Waals surface area contributed by atoms with E-state index in [1.165, 1.54) is 12.1 Å². The van der Waals surface area contributed by atoms with Crippen LogP contribution < -0.4 is 4.74 Å². The van der Waals surface area contributed by atoms with E-state index in [1.54, 1.807) is 19.1 Å². The van der Waals surface area contributed by atoms with Gasteiger partial charge in [0, 0.05) is 0 Å². The Balaban J connectivity index is 1.86. The smallest absolute Gasteiger partial charge is 0.429 e. The lowest BCUT2D eigenvalue weighted by Crippen LogP contribution is -2.25. The van der Waals surface area contributed by atoms with Gasteiger partial charge in [-0.3, -0.25) is 0 Å². The zero-order valence-corrected chi connectivity index (χ0v) is 14.9. The number of hydrogen-bond acceptors (Lipinski definition) is 1. The third-order valence-electron chi connectivity index (χ3n) is 5.11. The zero-order valence-electron chi connectivity index (χ0n) is 14.9. The maximum Gasteiger partial charge on any atom is 0.432 e. The molecule has 0 unspecified atom stereocenters. The molecule has 2 aromatic rings. The van der Waals surface area contributed by atoms with Gasteiger partial charge in [0.05, 0.1) is 0 Å². The number of benzene rings is 2. The van der Waals surface area contributed by atoms with Gasteiger partial charge in [0.25, 0.3) is 0 Å². The van der Waals surface area contributed by atoms with Gasteiger partial charge in [-0.2, -0.15) is 8.78 Å². The largest absolute Gasteiger partial charge is 0.432 e. The Morgan fingerprint density at radius 3 is 2.00 bits per heavy atom. The molecule has 0 saturated heterocycles. The van der Waals surface area contributed by atoms with Gasteiger partial charge in [0.2, 0.25) is 0 Å². The van der Waals surface area contributed by atoms with Crippen molar-refractivity contribution in [1.82, 2.24) is 0 Å². The monoisotopic (exact) mass is 366 g/mol. The predicted octanol–water partition coefficient (Wildman–Crippen LogP) is 6.70. The highest BCUT2D eigenvalue weighted by Gasteiger charge is 2.41. The van der Waals surface area contributed by atoms with Crippen LogP contribution in [0.3, 0.4) is 0 Å². The maximum absolute atomic E-state index is 14.4. The molecule has 0 amide bonds. The SMILES string of the molecule is Cc1ccc(OC(F)(F)c2c(F)cc(C3CCC(C)CC3)cc2F)cc1. The number of aryl methyl sites for hydroxylation is 1. The molecule has 5 heteroatoms. The van der Waals surface area contributed by atoms with Crippen LogP contribution in [0.4, 0.5) is 17.6 Å². The average molecular weight is 366 g/mol. The van der Waals surface area contributed by atoms with Gasteiger partial charge < -0.3 is 4.74 Å². The summed E-state index contributed by atoms with van der Waals surface area (Å²) in [7, 11) is 0. The van der Waals surface area contributed by atoms with Crippen molar-refractivity contribution in [2.45, 2.75) is 51.6 Å². The zero-order chi connectivity index (χ0) is 18.9. The van der Waals surface area contributed by atoms with Crippen molar-refractivity contribution in [1.29, 1.82) is 0 Å². The van der Waals surface area contributed by atoms with Crippen molar-refractivity contribution < 1.29 is 22.3 Å². The molecule has 2 aromatic carbocycles. The first-order chi connectivity index (χ1) is 12.3. The molecule has 0 atom stereocenters. The van der Waals surface area contributed by atoms with E-state index < -0.39 is 23.3 Å². The molecule has 1 aliphatic rings. The number of rotatable bonds is 4. The Hall–Kier alpha value is -2.04. The predicted molar refractivity (Wildman–Crippen MR) is 92.4 cm³/mol. The second kappa shape index (κ2) is 7.29. The van der Waals surface area contributed by atoms with Crippen LogP contribution in [-0.4, -0.2) is 0 Å². The first-order valence-corrected chi connectivity index (χ1v) is 8.89. The Kier molecular flexibility index (Phi) is 5.26. The van der Waals surface area contributed by atoms with Crippen LogP contribution in [0, 0.1) is 24.5 Å². The summed E-state index contributed by atoms with van der Waals surface area (Å²) in [5.74, 6) is -2.08. The molecular weight excluding hydrogens is 344 g/mol. The summed E-state index contributed by atoms with van der Waals surface area (Å²) in [6.07, 6.45) is -0.515. The van der Waals surface area contributed by atoms with Gasteiger partial charge in [-0.05, 0) is 61.4 Å². The van der Waals surface area contributed by atoms with Crippen molar-refractivity contribution in [3.8, 4) is 5.75 Å². The molecule has 0 aliphatic heterocycles. The fourth-order valence-corrected chi connectivity index (χ4v) is 3.51.